The Morgan fingerprint density at radius 2 is 1.76 bits per heavy atom. The van der Waals surface area contributed by atoms with E-state index in [2.05, 4.69) is 11.1 Å². The van der Waals surface area contributed by atoms with E-state index in [0.717, 1.165) is 10.5 Å². The number of likely N-dealkylation sites (N-methyl/N-ethyl adjacent to an activating group) is 1. The number of urea groups is 1. The number of carboxylic acid groups (broad SMARTS) is 1. The predicted octanol–water partition coefficient (Wildman–Crippen LogP) is 4.40. The van der Waals surface area contributed by atoms with Crippen LogP contribution in [0.3, 0.4) is 0 Å². The van der Waals surface area contributed by atoms with E-state index in [1.807, 2.05) is 4.90 Å². The molecule has 3 heterocycles. The normalized spacial score (nSPS) is 21.1. The highest BCUT2D eigenvalue weighted by molar-refractivity contribution is 6.36. The van der Waals surface area contributed by atoms with Crippen molar-refractivity contribution in [1.82, 2.24) is 9.88 Å². The Kier molecular flexibility index (Phi) is 6.02. The summed E-state index contributed by atoms with van der Waals surface area (Å²) in [7, 11) is 1.57. The highest BCUT2D eigenvalue weighted by Crippen LogP contribution is 2.47. The van der Waals surface area contributed by atoms with Gasteiger partial charge in [0.15, 0.2) is 0 Å². The van der Waals surface area contributed by atoms with Gasteiger partial charge in [-0.15, -0.1) is 0 Å². The molecule has 2 unspecified atom stereocenters. The minimum absolute atomic E-state index is 0.104. The van der Waals surface area contributed by atoms with Crippen molar-refractivity contribution in [2.45, 2.75) is 11.5 Å². The Labute approximate surface area is 222 Å². The largest absolute Gasteiger partial charge is 0.477 e. The van der Waals surface area contributed by atoms with Gasteiger partial charge in [-0.3, -0.25) is 4.79 Å². The molecular formula is C26H19Cl2N5O4. The molecule has 1 spiro atoms. The Balaban J connectivity index is 1.64. The number of carbonyl (C=O) groups is 3. The summed E-state index contributed by atoms with van der Waals surface area (Å²) >= 11 is 12.3. The molecule has 0 bridgehead atoms. The molecule has 186 valence electrons. The van der Waals surface area contributed by atoms with Gasteiger partial charge >= 0.3 is 12.0 Å². The number of benzene rings is 2. The molecule has 1 aromatic heterocycles. The lowest BCUT2D eigenvalue weighted by molar-refractivity contribution is -0.124. The number of amides is 3. The van der Waals surface area contributed by atoms with Crippen molar-refractivity contribution in [3.8, 4) is 6.07 Å². The lowest BCUT2D eigenvalue weighted by Crippen LogP contribution is -2.53. The molecule has 2 atom stereocenters. The zero-order valence-corrected chi connectivity index (χ0v) is 20.9. The number of pyridine rings is 1. The van der Waals surface area contributed by atoms with Crippen LogP contribution in [0, 0.1) is 11.3 Å². The lowest BCUT2D eigenvalue weighted by Gasteiger charge is -2.33. The molecule has 2 saturated heterocycles. The molecule has 3 aromatic rings. The number of carbonyl (C=O) groups excluding carboxylic acids is 2. The number of hydrogen-bond acceptors (Lipinski definition) is 6. The highest BCUT2D eigenvalue weighted by Gasteiger charge is 2.64. The molecule has 0 aliphatic carbocycles. The molecule has 1 N–H and O–H groups in total. The van der Waals surface area contributed by atoms with Gasteiger partial charge in [0.2, 0.25) is 0 Å². The molecule has 2 fully saturated rings. The van der Waals surface area contributed by atoms with Crippen molar-refractivity contribution in [3.05, 3.63) is 87.7 Å². The van der Waals surface area contributed by atoms with Gasteiger partial charge in [-0.2, -0.15) is 5.26 Å². The second kappa shape index (κ2) is 9.07. The number of halogens is 2. The van der Waals surface area contributed by atoms with Crippen LogP contribution in [0.4, 0.5) is 16.2 Å². The topological polar surface area (TPSA) is 118 Å². The minimum atomic E-state index is -1.33. The second-order valence-electron chi connectivity index (χ2n) is 8.91. The maximum atomic E-state index is 14.2. The van der Waals surface area contributed by atoms with Crippen LogP contribution >= 0.6 is 23.2 Å². The van der Waals surface area contributed by atoms with Gasteiger partial charge in [-0.1, -0.05) is 35.3 Å². The second-order valence-corrected chi connectivity index (χ2v) is 9.78. The van der Waals surface area contributed by atoms with Crippen molar-refractivity contribution >= 4 is 52.5 Å². The third-order valence-electron chi connectivity index (χ3n) is 6.94. The Morgan fingerprint density at radius 3 is 2.38 bits per heavy atom. The van der Waals surface area contributed by atoms with E-state index >= 15 is 0 Å². The molecule has 2 aromatic carbocycles. The predicted molar refractivity (Wildman–Crippen MR) is 137 cm³/mol. The number of rotatable bonds is 4. The SMILES string of the molecule is CN1C(=O)N(c2cc(Cl)cc(Cl)c2)C(=O)C12CN(c1ccnc(C(=O)O)c1)CC2c1ccc(C#N)cc1. The van der Waals surface area contributed by atoms with Crippen molar-refractivity contribution in [1.29, 1.82) is 5.26 Å². The van der Waals surface area contributed by atoms with Crippen LogP contribution in [0.1, 0.15) is 27.5 Å². The number of nitrogens with zero attached hydrogens (tertiary/aromatic N) is 5. The van der Waals surface area contributed by atoms with Crippen LogP contribution in [0.25, 0.3) is 0 Å². The zero-order valence-electron chi connectivity index (χ0n) is 19.4. The Morgan fingerprint density at radius 1 is 1.08 bits per heavy atom. The minimum Gasteiger partial charge on any atom is -0.477 e. The van der Waals surface area contributed by atoms with Crippen molar-refractivity contribution in [3.63, 3.8) is 0 Å². The quantitative estimate of drug-likeness (QED) is 0.491. The first-order valence-electron chi connectivity index (χ1n) is 11.2. The summed E-state index contributed by atoms with van der Waals surface area (Å²) < 4.78 is 0. The summed E-state index contributed by atoms with van der Waals surface area (Å²) in [5, 5.41) is 19.2. The summed E-state index contributed by atoms with van der Waals surface area (Å²) in [5.74, 6) is -2.13. The van der Waals surface area contributed by atoms with Gasteiger partial charge in [0.25, 0.3) is 5.91 Å². The highest BCUT2D eigenvalue weighted by atomic mass is 35.5. The van der Waals surface area contributed by atoms with E-state index in [0.29, 0.717) is 17.8 Å². The summed E-state index contributed by atoms with van der Waals surface area (Å²) in [4.78, 5) is 47.6. The van der Waals surface area contributed by atoms with Gasteiger partial charge in [0.1, 0.15) is 11.2 Å². The summed E-state index contributed by atoms with van der Waals surface area (Å²) in [6.07, 6.45) is 1.39. The van der Waals surface area contributed by atoms with Crippen molar-refractivity contribution in [2.75, 3.05) is 29.9 Å². The van der Waals surface area contributed by atoms with Crippen LogP contribution in [-0.2, 0) is 4.79 Å². The van der Waals surface area contributed by atoms with Gasteiger partial charge in [0, 0.05) is 41.4 Å². The third-order valence-corrected chi connectivity index (χ3v) is 7.37. The first-order chi connectivity index (χ1) is 17.6. The number of hydrogen-bond donors (Lipinski definition) is 1. The van der Waals surface area contributed by atoms with Crippen LogP contribution in [0.15, 0.2) is 60.8 Å². The molecule has 37 heavy (non-hydrogen) atoms. The Hall–Kier alpha value is -4.13. The van der Waals surface area contributed by atoms with Crippen molar-refractivity contribution in [2.24, 2.45) is 0 Å². The van der Waals surface area contributed by atoms with E-state index in [-0.39, 0.29) is 28.0 Å². The number of imide groups is 1. The fourth-order valence-electron chi connectivity index (χ4n) is 5.14. The number of aromatic nitrogens is 1. The van der Waals surface area contributed by atoms with Crippen LogP contribution in [0.2, 0.25) is 10.0 Å². The molecule has 2 aliphatic heterocycles. The zero-order chi connectivity index (χ0) is 26.5. The van der Waals surface area contributed by atoms with E-state index in [4.69, 9.17) is 23.2 Å². The van der Waals surface area contributed by atoms with E-state index < -0.39 is 29.4 Å². The van der Waals surface area contributed by atoms with Crippen LogP contribution in [0.5, 0.6) is 0 Å². The van der Waals surface area contributed by atoms with E-state index in [1.165, 1.54) is 35.4 Å². The summed E-state index contributed by atoms with van der Waals surface area (Å²) in [6.45, 7) is 0.412. The number of nitriles is 1. The molecular weight excluding hydrogens is 517 g/mol. The number of carboxylic acids is 1. The summed E-state index contributed by atoms with van der Waals surface area (Å²) in [6, 6.07) is 16.0. The van der Waals surface area contributed by atoms with Crippen molar-refractivity contribution < 1.29 is 19.5 Å². The molecule has 9 nitrogen and oxygen atoms in total. The van der Waals surface area contributed by atoms with E-state index in [9.17, 15) is 24.8 Å². The Bertz CT molecular complexity index is 1470. The monoisotopic (exact) mass is 535 g/mol. The fraction of sp³-hybridized carbons (Fsp3) is 0.192. The lowest BCUT2D eigenvalue weighted by atomic mass is 9.80. The molecule has 11 heteroatoms. The van der Waals surface area contributed by atoms with Gasteiger partial charge in [-0.05, 0) is 48.0 Å². The maximum Gasteiger partial charge on any atom is 0.354 e. The molecule has 0 radical (unpaired) electrons. The van der Waals surface area contributed by atoms with Gasteiger partial charge < -0.3 is 14.9 Å². The molecule has 0 saturated carbocycles. The average molecular weight is 536 g/mol. The molecule has 2 aliphatic rings. The van der Waals surface area contributed by atoms with Gasteiger partial charge in [0.05, 0.1) is 23.9 Å². The standard InChI is InChI=1S/C26H19Cl2N5O4/c1-31-25(37)33(20-9-17(27)8-18(28)10-20)24(36)26(31)14-32(19-6-7-30-22(11-19)23(34)35)13-21(26)16-4-2-15(12-29)3-5-16/h2-11,21H,13-14H2,1H3,(H,34,35). The first kappa shape index (κ1) is 24.6. The maximum absolute atomic E-state index is 14.2. The first-order valence-corrected chi connectivity index (χ1v) is 11.9. The molecule has 3 amide bonds. The number of aromatic carboxylic acids is 1. The summed E-state index contributed by atoms with van der Waals surface area (Å²) in [5.41, 5.74) is 0.572. The van der Waals surface area contributed by atoms with E-state index in [1.54, 1.807) is 37.4 Å². The number of anilines is 2. The van der Waals surface area contributed by atoms with Gasteiger partial charge in [-0.25, -0.2) is 19.5 Å². The fourth-order valence-corrected chi connectivity index (χ4v) is 5.65. The third kappa shape index (κ3) is 3.95. The van der Waals surface area contributed by atoms with Crippen LogP contribution in [-0.4, -0.2) is 58.6 Å². The van der Waals surface area contributed by atoms with Crippen LogP contribution < -0.4 is 9.80 Å². The average Bonchev–Trinajstić information content (AvgIpc) is 3.37. The molecule has 5 rings (SSSR count). The smallest absolute Gasteiger partial charge is 0.354 e.